The molecule has 1 unspecified atom stereocenters. The topological polar surface area (TPSA) is 74.5 Å². The van der Waals surface area contributed by atoms with Crippen LogP contribution in [0.1, 0.15) is 20.8 Å². The first-order valence-electron chi connectivity index (χ1n) is 6.43. The van der Waals surface area contributed by atoms with Crippen molar-refractivity contribution < 1.29 is 19.1 Å². The lowest BCUT2D eigenvalue weighted by Crippen LogP contribution is -2.46. The average Bonchev–Trinajstić information content (AvgIpc) is 2.66. The quantitative estimate of drug-likeness (QED) is 0.675. The maximum Gasteiger partial charge on any atom is 0.408 e. The number of aromatic nitrogens is 2. The minimum atomic E-state index is -0.876. The van der Waals surface area contributed by atoms with Crippen LogP contribution in [0.2, 0.25) is 0 Å². The van der Waals surface area contributed by atoms with Crippen LogP contribution in [0.4, 0.5) is 4.79 Å². The number of alkyl carbamates (subject to hydrolysis) is 1. The maximum atomic E-state index is 11.8. The second-order valence-corrected chi connectivity index (χ2v) is 5.93. The van der Waals surface area contributed by atoms with Crippen LogP contribution in [-0.4, -0.2) is 39.9 Å². The van der Waals surface area contributed by atoms with Crippen LogP contribution in [0.15, 0.2) is 12.4 Å². The number of carbonyl (C=O) groups excluding carboxylic acids is 2. The number of methoxy groups -OCH3 is 1. The Balaban J connectivity index is 2.82. The first kappa shape index (κ1) is 17.2. The first-order valence-corrected chi connectivity index (χ1v) is 6.84. The van der Waals surface area contributed by atoms with E-state index < -0.39 is 23.7 Å². The van der Waals surface area contributed by atoms with E-state index in [1.807, 2.05) is 0 Å². The van der Waals surface area contributed by atoms with E-state index in [1.54, 1.807) is 49.3 Å². The molecule has 0 radical (unpaired) electrons. The molecular weight excluding hydrogens is 294 g/mol. The van der Waals surface area contributed by atoms with Crippen molar-refractivity contribution >= 4 is 24.3 Å². The predicted octanol–water partition coefficient (Wildman–Crippen LogP) is 1.62. The molecule has 1 heterocycles. The Kier molecular flexibility index (Phi) is 5.54. The fourth-order valence-electron chi connectivity index (χ4n) is 1.62. The van der Waals surface area contributed by atoms with Crippen molar-refractivity contribution in [3.63, 3.8) is 0 Å². The summed E-state index contributed by atoms with van der Waals surface area (Å²) in [5, 5.41) is 2.50. The molecule has 0 aliphatic rings. The van der Waals surface area contributed by atoms with Crippen LogP contribution < -0.4 is 5.32 Å². The van der Waals surface area contributed by atoms with Crippen molar-refractivity contribution in [3.05, 3.63) is 17.2 Å². The van der Waals surface area contributed by atoms with E-state index in [1.165, 1.54) is 7.11 Å². The number of carbonyl (C=O) groups is 2. The highest BCUT2D eigenvalue weighted by molar-refractivity contribution is 7.71. The van der Waals surface area contributed by atoms with Crippen molar-refractivity contribution in [2.24, 2.45) is 7.05 Å². The summed E-state index contributed by atoms with van der Waals surface area (Å²) in [7, 11) is 3.06. The number of rotatable bonds is 4. The highest BCUT2D eigenvalue weighted by atomic mass is 32.1. The van der Waals surface area contributed by atoms with Crippen molar-refractivity contribution in [2.45, 2.75) is 39.0 Å². The summed E-state index contributed by atoms with van der Waals surface area (Å²) in [6.07, 6.45) is 2.82. The summed E-state index contributed by atoms with van der Waals surface area (Å²) in [4.78, 5) is 23.6. The van der Waals surface area contributed by atoms with E-state index in [2.05, 4.69) is 5.32 Å². The standard InChI is InChI=1S/C13H21N3O4S/c1-13(2,3)20-11(18)14-9(10(17)19-5)8-16-7-6-15(4)12(16)21/h6-7,9H,8H2,1-5H3,(H,14,18). The maximum absolute atomic E-state index is 11.8. The van der Waals surface area contributed by atoms with E-state index in [4.69, 9.17) is 21.7 Å². The van der Waals surface area contributed by atoms with Crippen LogP contribution in [-0.2, 0) is 27.9 Å². The molecule has 0 saturated heterocycles. The number of hydrogen-bond donors (Lipinski definition) is 1. The fraction of sp³-hybridized carbons (Fsp3) is 0.615. The molecular formula is C13H21N3O4S. The summed E-state index contributed by atoms with van der Waals surface area (Å²) in [5.41, 5.74) is -0.645. The van der Waals surface area contributed by atoms with Crippen LogP contribution in [0.5, 0.6) is 0 Å². The molecule has 0 fully saturated rings. The number of esters is 1. The molecule has 0 spiro atoms. The largest absolute Gasteiger partial charge is 0.467 e. The average molecular weight is 315 g/mol. The lowest BCUT2D eigenvalue weighted by atomic mass is 10.2. The Hall–Kier alpha value is -1.83. The second-order valence-electron chi connectivity index (χ2n) is 5.57. The van der Waals surface area contributed by atoms with Crippen LogP contribution in [0.25, 0.3) is 0 Å². The zero-order valence-corrected chi connectivity index (χ0v) is 13.7. The Morgan fingerprint density at radius 2 is 2.00 bits per heavy atom. The van der Waals surface area contributed by atoms with Gasteiger partial charge in [0.2, 0.25) is 0 Å². The molecule has 0 bridgehead atoms. The number of amides is 1. The molecule has 1 atom stereocenters. The molecule has 21 heavy (non-hydrogen) atoms. The third kappa shape index (κ3) is 5.22. The normalized spacial score (nSPS) is 12.6. The fourth-order valence-corrected chi connectivity index (χ4v) is 1.81. The second kappa shape index (κ2) is 6.75. The van der Waals surface area contributed by atoms with Crippen molar-refractivity contribution in [1.29, 1.82) is 0 Å². The van der Waals surface area contributed by atoms with Crippen LogP contribution >= 0.6 is 12.2 Å². The Labute approximate surface area is 128 Å². The van der Waals surface area contributed by atoms with Gasteiger partial charge in [0.05, 0.1) is 13.7 Å². The van der Waals surface area contributed by atoms with Gasteiger partial charge in [0.15, 0.2) is 4.77 Å². The highest BCUT2D eigenvalue weighted by Gasteiger charge is 2.25. The molecule has 1 N–H and O–H groups in total. The summed E-state index contributed by atoms with van der Waals surface area (Å²) in [5.74, 6) is -0.563. The summed E-state index contributed by atoms with van der Waals surface area (Å²) < 4.78 is 13.8. The van der Waals surface area contributed by atoms with Crippen LogP contribution in [0.3, 0.4) is 0 Å². The molecule has 0 aliphatic heterocycles. The summed E-state index contributed by atoms with van der Waals surface area (Å²) in [6, 6.07) is -0.876. The smallest absolute Gasteiger partial charge is 0.408 e. The first-order chi connectivity index (χ1) is 9.64. The van der Waals surface area contributed by atoms with Crippen molar-refractivity contribution in [1.82, 2.24) is 14.5 Å². The van der Waals surface area contributed by atoms with Gasteiger partial charge in [-0.3, -0.25) is 0 Å². The Morgan fingerprint density at radius 1 is 1.38 bits per heavy atom. The van der Waals surface area contributed by atoms with Gasteiger partial charge in [0.25, 0.3) is 0 Å². The van der Waals surface area contributed by atoms with Crippen LogP contribution in [0, 0.1) is 4.77 Å². The van der Waals surface area contributed by atoms with Gasteiger partial charge in [0, 0.05) is 19.4 Å². The molecule has 1 amide bonds. The minimum absolute atomic E-state index is 0.172. The van der Waals surface area contributed by atoms with E-state index in [9.17, 15) is 9.59 Å². The molecule has 0 aliphatic carbocycles. The Morgan fingerprint density at radius 3 is 2.43 bits per heavy atom. The van der Waals surface area contributed by atoms with E-state index in [0.29, 0.717) is 4.77 Å². The predicted molar refractivity (Wildman–Crippen MR) is 79.4 cm³/mol. The SMILES string of the molecule is COC(=O)C(Cn1ccn(C)c1=S)NC(=O)OC(C)(C)C. The number of hydrogen-bond acceptors (Lipinski definition) is 5. The van der Waals surface area contributed by atoms with Gasteiger partial charge in [-0.1, -0.05) is 0 Å². The highest BCUT2D eigenvalue weighted by Crippen LogP contribution is 2.07. The van der Waals surface area contributed by atoms with Crippen molar-refractivity contribution in [3.8, 4) is 0 Å². The third-order valence-corrected chi connectivity index (χ3v) is 3.10. The van der Waals surface area contributed by atoms with Crippen molar-refractivity contribution in [2.75, 3.05) is 7.11 Å². The number of aryl methyl sites for hydroxylation is 1. The van der Waals surface area contributed by atoms with Gasteiger partial charge >= 0.3 is 12.1 Å². The van der Waals surface area contributed by atoms with Gasteiger partial charge in [-0.15, -0.1) is 0 Å². The van der Waals surface area contributed by atoms with Gasteiger partial charge in [-0.2, -0.15) is 0 Å². The van der Waals surface area contributed by atoms with E-state index in [0.717, 1.165) is 0 Å². The number of nitrogens with zero attached hydrogens (tertiary/aromatic N) is 2. The molecule has 1 aromatic rings. The lowest BCUT2D eigenvalue weighted by molar-refractivity contribution is -0.143. The minimum Gasteiger partial charge on any atom is -0.467 e. The molecule has 1 rings (SSSR count). The molecule has 118 valence electrons. The zero-order chi connectivity index (χ0) is 16.2. The molecule has 0 aromatic carbocycles. The van der Waals surface area contributed by atoms with E-state index >= 15 is 0 Å². The van der Waals surface area contributed by atoms with Gasteiger partial charge < -0.3 is 23.9 Å². The Bertz CT molecular complexity index is 571. The number of ether oxygens (including phenoxy) is 2. The van der Waals surface area contributed by atoms with Gasteiger partial charge in [-0.05, 0) is 33.0 Å². The molecule has 0 saturated carbocycles. The van der Waals surface area contributed by atoms with Gasteiger partial charge in [-0.25, -0.2) is 9.59 Å². The summed E-state index contributed by atoms with van der Waals surface area (Å²) in [6.45, 7) is 5.40. The molecule has 8 heteroatoms. The van der Waals surface area contributed by atoms with Gasteiger partial charge in [0.1, 0.15) is 11.6 Å². The summed E-state index contributed by atoms with van der Waals surface area (Å²) >= 11 is 5.20. The molecule has 1 aromatic heterocycles. The third-order valence-electron chi connectivity index (χ3n) is 2.57. The molecule has 7 nitrogen and oxygen atoms in total. The number of nitrogens with one attached hydrogen (secondary N) is 1. The number of imidazole rings is 1. The monoisotopic (exact) mass is 315 g/mol. The van der Waals surface area contributed by atoms with E-state index in [-0.39, 0.29) is 6.54 Å². The zero-order valence-electron chi connectivity index (χ0n) is 12.9. The lowest BCUT2D eigenvalue weighted by Gasteiger charge is -2.22.